The Bertz CT molecular complexity index is 886. The molecule has 25 heavy (non-hydrogen) atoms. The topological polar surface area (TPSA) is 59.0 Å². The van der Waals surface area contributed by atoms with Gasteiger partial charge in [-0.1, -0.05) is 42.5 Å². The van der Waals surface area contributed by atoms with Gasteiger partial charge in [0.1, 0.15) is 5.82 Å². The predicted molar refractivity (Wildman–Crippen MR) is 98.3 cm³/mol. The van der Waals surface area contributed by atoms with E-state index in [1.54, 1.807) is 0 Å². The Morgan fingerprint density at radius 3 is 2.88 bits per heavy atom. The lowest BCUT2D eigenvalue weighted by Crippen LogP contribution is -2.28. The number of aryl methyl sites for hydroxylation is 1. The number of aromatic nitrogens is 2. The zero-order valence-corrected chi connectivity index (χ0v) is 13.9. The van der Waals surface area contributed by atoms with Gasteiger partial charge in [-0.15, -0.1) is 0 Å². The predicted octanol–water partition coefficient (Wildman–Crippen LogP) is 3.82. The maximum Gasteiger partial charge on any atom is 0.319 e. The second-order valence-corrected chi connectivity index (χ2v) is 6.19. The molecule has 0 unspecified atom stereocenters. The van der Waals surface area contributed by atoms with Gasteiger partial charge >= 0.3 is 6.03 Å². The van der Waals surface area contributed by atoms with Gasteiger partial charge in [0.2, 0.25) is 0 Å². The summed E-state index contributed by atoms with van der Waals surface area (Å²) in [6, 6.07) is 17.5. The molecule has 3 aromatic rings. The standard InChI is InChI=1S/C20H20N4O/c25-20(22-13-15-6-2-1-3-7-15)23-17-9-4-8-16(12-17)18-14-21-19-10-5-11-24(18)19/h1-4,6-9,12,14H,5,10-11,13H2,(H2,22,23,25). The number of hydrogen-bond acceptors (Lipinski definition) is 2. The van der Waals surface area contributed by atoms with E-state index in [1.165, 1.54) is 0 Å². The van der Waals surface area contributed by atoms with Crippen LogP contribution in [-0.2, 0) is 19.5 Å². The first-order valence-electron chi connectivity index (χ1n) is 8.53. The monoisotopic (exact) mass is 332 g/mol. The van der Waals surface area contributed by atoms with Crippen LogP contribution in [0, 0.1) is 0 Å². The highest BCUT2D eigenvalue weighted by Gasteiger charge is 2.16. The van der Waals surface area contributed by atoms with Gasteiger partial charge in [0.05, 0.1) is 11.9 Å². The molecular weight excluding hydrogens is 312 g/mol. The van der Waals surface area contributed by atoms with Crippen molar-refractivity contribution in [2.75, 3.05) is 5.32 Å². The van der Waals surface area contributed by atoms with Gasteiger partial charge in [0.15, 0.2) is 0 Å². The molecule has 0 aliphatic carbocycles. The SMILES string of the molecule is O=C(NCc1ccccc1)Nc1cccc(-c2cnc3n2CCC3)c1. The van der Waals surface area contributed by atoms with E-state index in [4.69, 9.17) is 0 Å². The van der Waals surface area contributed by atoms with Crippen LogP contribution < -0.4 is 10.6 Å². The number of carbonyl (C=O) groups is 1. The Labute approximate surface area is 146 Å². The van der Waals surface area contributed by atoms with E-state index in [0.717, 1.165) is 47.7 Å². The summed E-state index contributed by atoms with van der Waals surface area (Å²) in [7, 11) is 0. The number of urea groups is 1. The first kappa shape index (κ1) is 15.4. The van der Waals surface area contributed by atoms with Crippen molar-refractivity contribution in [2.24, 2.45) is 0 Å². The number of rotatable bonds is 4. The zero-order valence-electron chi connectivity index (χ0n) is 13.9. The van der Waals surface area contributed by atoms with Gasteiger partial charge in [-0.3, -0.25) is 0 Å². The summed E-state index contributed by atoms with van der Waals surface area (Å²) in [4.78, 5) is 16.6. The van der Waals surface area contributed by atoms with E-state index in [-0.39, 0.29) is 6.03 Å². The van der Waals surface area contributed by atoms with Gasteiger partial charge in [0.25, 0.3) is 0 Å². The summed E-state index contributed by atoms with van der Waals surface area (Å²) in [5, 5.41) is 5.78. The summed E-state index contributed by atoms with van der Waals surface area (Å²) >= 11 is 0. The maximum absolute atomic E-state index is 12.1. The number of hydrogen-bond donors (Lipinski definition) is 2. The summed E-state index contributed by atoms with van der Waals surface area (Å²) < 4.78 is 2.26. The molecule has 0 saturated carbocycles. The molecule has 0 saturated heterocycles. The molecule has 0 bridgehead atoms. The number of carbonyl (C=O) groups excluding carboxylic acids is 1. The zero-order chi connectivity index (χ0) is 17.1. The summed E-state index contributed by atoms with van der Waals surface area (Å²) in [5.41, 5.74) is 4.03. The van der Waals surface area contributed by atoms with Crippen LogP contribution in [0.3, 0.4) is 0 Å². The van der Waals surface area contributed by atoms with Gasteiger partial charge in [-0.25, -0.2) is 9.78 Å². The molecule has 2 amide bonds. The Kier molecular flexibility index (Phi) is 4.21. The quantitative estimate of drug-likeness (QED) is 0.763. The van der Waals surface area contributed by atoms with Crippen molar-refractivity contribution in [3.05, 3.63) is 72.2 Å². The molecule has 0 atom stereocenters. The third-order valence-corrected chi connectivity index (χ3v) is 4.43. The molecule has 2 aromatic carbocycles. The van der Waals surface area contributed by atoms with Crippen LogP contribution in [0.25, 0.3) is 11.3 Å². The fourth-order valence-corrected chi connectivity index (χ4v) is 3.20. The van der Waals surface area contributed by atoms with Crippen LogP contribution >= 0.6 is 0 Å². The van der Waals surface area contributed by atoms with Crippen molar-refractivity contribution >= 4 is 11.7 Å². The van der Waals surface area contributed by atoms with Crippen LogP contribution in [0.15, 0.2) is 60.8 Å². The van der Waals surface area contributed by atoms with Crippen LogP contribution in [0.1, 0.15) is 17.8 Å². The molecule has 0 fully saturated rings. The minimum atomic E-state index is -0.209. The molecule has 1 aliphatic heterocycles. The van der Waals surface area contributed by atoms with Gasteiger partial charge in [-0.2, -0.15) is 0 Å². The minimum Gasteiger partial charge on any atom is -0.334 e. The number of anilines is 1. The second kappa shape index (κ2) is 6.81. The van der Waals surface area contributed by atoms with E-state index < -0.39 is 0 Å². The molecule has 1 aliphatic rings. The van der Waals surface area contributed by atoms with Crippen LogP contribution in [0.5, 0.6) is 0 Å². The molecule has 5 nitrogen and oxygen atoms in total. The van der Waals surface area contributed by atoms with Crippen molar-refractivity contribution in [1.29, 1.82) is 0 Å². The van der Waals surface area contributed by atoms with E-state index in [2.05, 4.69) is 26.3 Å². The number of amides is 2. The molecule has 1 aromatic heterocycles. The lowest BCUT2D eigenvalue weighted by molar-refractivity contribution is 0.251. The molecule has 5 heteroatoms. The average Bonchev–Trinajstić information content (AvgIpc) is 3.25. The van der Waals surface area contributed by atoms with E-state index in [1.807, 2.05) is 54.7 Å². The van der Waals surface area contributed by atoms with Crippen LogP contribution in [-0.4, -0.2) is 15.6 Å². The highest BCUT2D eigenvalue weighted by Crippen LogP contribution is 2.27. The molecule has 2 heterocycles. The molecular formula is C20H20N4O. The Morgan fingerprint density at radius 2 is 2.00 bits per heavy atom. The molecule has 0 radical (unpaired) electrons. The third-order valence-electron chi connectivity index (χ3n) is 4.43. The fraction of sp³-hybridized carbons (Fsp3) is 0.200. The summed E-state index contributed by atoms with van der Waals surface area (Å²) in [6.07, 6.45) is 4.11. The van der Waals surface area contributed by atoms with Crippen LogP contribution in [0.2, 0.25) is 0 Å². The number of nitrogens with one attached hydrogen (secondary N) is 2. The first-order valence-corrected chi connectivity index (χ1v) is 8.53. The molecule has 126 valence electrons. The van der Waals surface area contributed by atoms with Crippen molar-refractivity contribution in [3.8, 4) is 11.3 Å². The van der Waals surface area contributed by atoms with E-state index in [0.29, 0.717) is 6.54 Å². The second-order valence-electron chi connectivity index (χ2n) is 6.19. The van der Waals surface area contributed by atoms with E-state index >= 15 is 0 Å². The third kappa shape index (κ3) is 3.40. The Balaban J connectivity index is 1.43. The van der Waals surface area contributed by atoms with Gasteiger partial charge in [-0.05, 0) is 24.1 Å². The lowest BCUT2D eigenvalue weighted by atomic mass is 10.1. The Hall–Kier alpha value is -3.08. The van der Waals surface area contributed by atoms with Gasteiger partial charge < -0.3 is 15.2 Å². The van der Waals surface area contributed by atoms with Crippen LogP contribution in [0.4, 0.5) is 10.5 Å². The van der Waals surface area contributed by atoms with Crippen molar-refractivity contribution in [2.45, 2.75) is 25.9 Å². The van der Waals surface area contributed by atoms with Crippen molar-refractivity contribution in [1.82, 2.24) is 14.9 Å². The lowest BCUT2D eigenvalue weighted by Gasteiger charge is -2.10. The largest absolute Gasteiger partial charge is 0.334 e. The highest BCUT2D eigenvalue weighted by molar-refractivity contribution is 5.90. The molecule has 2 N–H and O–H groups in total. The number of nitrogens with zero attached hydrogens (tertiary/aromatic N) is 2. The number of benzene rings is 2. The van der Waals surface area contributed by atoms with Crippen molar-refractivity contribution in [3.63, 3.8) is 0 Å². The number of fused-ring (bicyclic) bond motifs is 1. The summed E-state index contributed by atoms with van der Waals surface area (Å²) in [5.74, 6) is 1.15. The fourth-order valence-electron chi connectivity index (χ4n) is 3.20. The van der Waals surface area contributed by atoms with E-state index in [9.17, 15) is 4.79 Å². The Morgan fingerprint density at radius 1 is 1.12 bits per heavy atom. The van der Waals surface area contributed by atoms with Crippen molar-refractivity contribution < 1.29 is 4.79 Å². The smallest absolute Gasteiger partial charge is 0.319 e. The van der Waals surface area contributed by atoms with Gasteiger partial charge in [0, 0.05) is 30.8 Å². The maximum atomic E-state index is 12.1. The molecule has 0 spiro atoms. The number of imidazole rings is 1. The minimum absolute atomic E-state index is 0.209. The normalized spacial score (nSPS) is 12.6. The summed E-state index contributed by atoms with van der Waals surface area (Å²) in [6.45, 7) is 1.52. The average molecular weight is 332 g/mol. The first-order chi connectivity index (χ1) is 12.3. The molecule has 4 rings (SSSR count). The highest BCUT2D eigenvalue weighted by atomic mass is 16.2.